The molecule has 1 heterocycles. The molecule has 1 aromatic heterocycles. The third-order valence-electron chi connectivity index (χ3n) is 2.84. The Balaban J connectivity index is 2.27. The SMILES string of the molecule is NC1(c2[nH]ncc2Br)CCCCC1. The summed E-state index contributed by atoms with van der Waals surface area (Å²) >= 11 is 3.46. The molecule has 1 saturated carbocycles. The summed E-state index contributed by atoms with van der Waals surface area (Å²) in [5.41, 5.74) is 7.21. The first-order chi connectivity index (χ1) is 6.22. The van der Waals surface area contributed by atoms with Gasteiger partial charge in [0, 0.05) is 0 Å². The predicted molar refractivity (Wildman–Crippen MR) is 55.2 cm³/mol. The van der Waals surface area contributed by atoms with Gasteiger partial charge >= 0.3 is 0 Å². The molecule has 72 valence electrons. The standard InChI is InChI=1S/C9H14BrN3/c10-7-6-12-13-8(7)9(11)4-2-1-3-5-9/h6H,1-5,11H2,(H,12,13). The lowest BCUT2D eigenvalue weighted by atomic mass is 9.80. The number of halogens is 1. The molecule has 0 aliphatic heterocycles. The van der Waals surface area contributed by atoms with E-state index in [1.165, 1.54) is 19.3 Å². The van der Waals surface area contributed by atoms with Crippen LogP contribution in [0.3, 0.4) is 0 Å². The number of H-pyrrole nitrogens is 1. The lowest BCUT2D eigenvalue weighted by Gasteiger charge is -2.32. The molecule has 4 heteroatoms. The van der Waals surface area contributed by atoms with Crippen LogP contribution in [0.25, 0.3) is 0 Å². The Hall–Kier alpha value is -0.350. The van der Waals surface area contributed by atoms with Gasteiger partial charge in [-0.2, -0.15) is 5.10 Å². The van der Waals surface area contributed by atoms with Crippen LogP contribution in [0.4, 0.5) is 0 Å². The van der Waals surface area contributed by atoms with Crippen molar-refractivity contribution in [2.24, 2.45) is 5.73 Å². The average Bonchev–Trinajstić information content (AvgIpc) is 2.53. The molecular formula is C9H14BrN3. The number of hydrogen-bond donors (Lipinski definition) is 2. The van der Waals surface area contributed by atoms with Crippen molar-refractivity contribution in [1.82, 2.24) is 10.2 Å². The number of rotatable bonds is 1. The summed E-state index contributed by atoms with van der Waals surface area (Å²) in [6.07, 6.45) is 7.66. The molecule has 0 bridgehead atoms. The zero-order valence-corrected chi connectivity index (χ0v) is 9.10. The van der Waals surface area contributed by atoms with Gasteiger partial charge in [0.05, 0.1) is 21.9 Å². The molecule has 13 heavy (non-hydrogen) atoms. The van der Waals surface area contributed by atoms with Crippen LogP contribution in [0, 0.1) is 0 Å². The van der Waals surface area contributed by atoms with Crippen molar-refractivity contribution in [2.45, 2.75) is 37.6 Å². The van der Waals surface area contributed by atoms with E-state index in [4.69, 9.17) is 5.73 Å². The van der Waals surface area contributed by atoms with Crippen LogP contribution >= 0.6 is 15.9 Å². The zero-order chi connectivity index (χ0) is 9.31. The van der Waals surface area contributed by atoms with Crippen molar-refractivity contribution in [1.29, 1.82) is 0 Å². The van der Waals surface area contributed by atoms with Crippen LogP contribution in [0.5, 0.6) is 0 Å². The van der Waals surface area contributed by atoms with Crippen LogP contribution < -0.4 is 5.73 Å². The molecule has 1 aliphatic carbocycles. The second kappa shape index (κ2) is 3.42. The van der Waals surface area contributed by atoms with E-state index in [-0.39, 0.29) is 5.54 Å². The lowest BCUT2D eigenvalue weighted by molar-refractivity contribution is 0.293. The van der Waals surface area contributed by atoms with Crippen molar-refractivity contribution < 1.29 is 0 Å². The maximum atomic E-state index is 6.32. The number of nitrogens with two attached hydrogens (primary N) is 1. The Kier molecular flexibility index (Phi) is 2.43. The minimum absolute atomic E-state index is 0.173. The maximum absolute atomic E-state index is 6.32. The predicted octanol–water partition coefficient (Wildman–Crippen LogP) is 2.29. The van der Waals surface area contributed by atoms with E-state index in [9.17, 15) is 0 Å². The smallest absolute Gasteiger partial charge is 0.0692 e. The molecule has 0 saturated heterocycles. The topological polar surface area (TPSA) is 54.7 Å². The molecule has 1 aliphatic rings. The fourth-order valence-electron chi connectivity index (χ4n) is 2.05. The highest BCUT2D eigenvalue weighted by Gasteiger charge is 2.32. The van der Waals surface area contributed by atoms with Gasteiger partial charge in [-0.25, -0.2) is 0 Å². The third-order valence-corrected chi connectivity index (χ3v) is 3.44. The maximum Gasteiger partial charge on any atom is 0.0692 e. The molecule has 1 fully saturated rings. The van der Waals surface area contributed by atoms with Crippen LogP contribution in [-0.4, -0.2) is 10.2 Å². The molecule has 0 amide bonds. The molecule has 0 radical (unpaired) electrons. The average molecular weight is 244 g/mol. The normalized spacial score (nSPS) is 21.7. The highest BCUT2D eigenvalue weighted by atomic mass is 79.9. The molecule has 0 atom stereocenters. The van der Waals surface area contributed by atoms with Crippen molar-refractivity contribution in [3.05, 3.63) is 16.4 Å². The van der Waals surface area contributed by atoms with Gasteiger partial charge in [-0.3, -0.25) is 5.10 Å². The number of aromatic nitrogens is 2. The summed E-state index contributed by atoms with van der Waals surface area (Å²) in [4.78, 5) is 0. The Labute approximate surface area is 86.2 Å². The second-order valence-corrected chi connectivity index (χ2v) is 4.66. The minimum atomic E-state index is -0.173. The third kappa shape index (κ3) is 1.65. The molecule has 0 aromatic carbocycles. The van der Waals surface area contributed by atoms with Crippen molar-refractivity contribution in [3.63, 3.8) is 0 Å². The summed E-state index contributed by atoms with van der Waals surface area (Å²) in [5, 5.41) is 6.98. The van der Waals surface area contributed by atoms with E-state index >= 15 is 0 Å². The fourth-order valence-corrected chi connectivity index (χ4v) is 2.64. The summed E-state index contributed by atoms with van der Waals surface area (Å²) < 4.78 is 1.01. The van der Waals surface area contributed by atoms with E-state index in [1.54, 1.807) is 6.20 Å². The van der Waals surface area contributed by atoms with Crippen molar-refractivity contribution in [2.75, 3.05) is 0 Å². The van der Waals surface area contributed by atoms with Crippen molar-refractivity contribution >= 4 is 15.9 Å². The van der Waals surface area contributed by atoms with Crippen LogP contribution in [0.1, 0.15) is 37.8 Å². The Bertz CT molecular complexity index is 289. The van der Waals surface area contributed by atoms with Crippen LogP contribution in [-0.2, 0) is 5.54 Å². The first-order valence-corrected chi connectivity index (χ1v) is 5.50. The first kappa shape index (κ1) is 9.21. The second-order valence-electron chi connectivity index (χ2n) is 3.81. The molecule has 3 N–H and O–H groups in total. The summed E-state index contributed by atoms with van der Waals surface area (Å²) in [6, 6.07) is 0. The Morgan fingerprint density at radius 1 is 1.38 bits per heavy atom. The highest BCUT2D eigenvalue weighted by molar-refractivity contribution is 9.10. The van der Waals surface area contributed by atoms with E-state index in [1.807, 2.05) is 0 Å². The summed E-state index contributed by atoms with van der Waals surface area (Å²) in [5.74, 6) is 0. The largest absolute Gasteiger partial charge is 0.320 e. The summed E-state index contributed by atoms with van der Waals surface area (Å²) in [7, 11) is 0. The molecule has 0 spiro atoms. The van der Waals surface area contributed by atoms with E-state index in [0.29, 0.717) is 0 Å². The van der Waals surface area contributed by atoms with Gasteiger partial charge in [0.25, 0.3) is 0 Å². The zero-order valence-electron chi connectivity index (χ0n) is 7.52. The molecular weight excluding hydrogens is 230 g/mol. The van der Waals surface area contributed by atoms with E-state index < -0.39 is 0 Å². The molecule has 2 rings (SSSR count). The quantitative estimate of drug-likeness (QED) is 0.796. The number of nitrogens with zero attached hydrogens (tertiary/aromatic N) is 1. The lowest BCUT2D eigenvalue weighted by Crippen LogP contribution is -2.39. The molecule has 0 unspecified atom stereocenters. The number of hydrogen-bond acceptors (Lipinski definition) is 2. The van der Waals surface area contributed by atoms with Gasteiger partial charge in [0.2, 0.25) is 0 Å². The van der Waals surface area contributed by atoms with Gasteiger partial charge in [0.1, 0.15) is 0 Å². The molecule has 1 aromatic rings. The van der Waals surface area contributed by atoms with Gasteiger partial charge in [0.15, 0.2) is 0 Å². The number of nitrogens with one attached hydrogen (secondary N) is 1. The monoisotopic (exact) mass is 243 g/mol. The van der Waals surface area contributed by atoms with Crippen LogP contribution in [0.15, 0.2) is 10.7 Å². The number of aromatic amines is 1. The Morgan fingerprint density at radius 3 is 2.62 bits per heavy atom. The van der Waals surface area contributed by atoms with E-state index in [2.05, 4.69) is 26.1 Å². The van der Waals surface area contributed by atoms with Crippen molar-refractivity contribution in [3.8, 4) is 0 Å². The van der Waals surface area contributed by atoms with Gasteiger partial charge in [-0.15, -0.1) is 0 Å². The van der Waals surface area contributed by atoms with Gasteiger partial charge < -0.3 is 5.73 Å². The van der Waals surface area contributed by atoms with Gasteiger partial charge in [-0.05, 0) is 28.8 Å². The van der Waals surface area contributed by atoms with E-state index in [0.717, 1.165) is 23.0 Å². The summed E-state index contributed by atoms with van der Waals surface area (Å²) in [6.45, 7) is 0. The van der Waals surface area contributed by atoms with Crippen LogP contribution in [0.2, 0.25) is 0 Å². The molecule has 3 nitrogen and oxygen atoms in total. The van der Waals surface area contributed by atoms with Gasteiger partial charge in [-0.1, -0.05) is 19.3 Å². The minimum Gasteiger partial charge on any atom is -0.320 e. The fraction of sp³-hybridized carbons (Fsp3) is 0.667. The highest BCUT2D eigenvalue weighted by Crippen LogP contribution is 2.36. The first-order valence-electron chi connectivity index (χ1n) is 4.71. The Morgan fingerprint density at radius 2 is 2.08 bits per heavy atom.